The molecule has 1 unspecified atom stereocenters. The Labute approximate surface area is 346 Å². The second-order valence-corrected chi connectivity index (χ2v) is 15.4. The molecule has 7 nitrogen and oxygen atoms in total. The molecule has 0 saturated carbocycles. The molecule has 8 heteroatoms. The lowest BCUT2D eigenvalue weighted by Gasteiger charge is -2.51. The van der Waals surface area contributed by atoms with E-state index in [0.29, 0.717) is 36.0 Å². The molecule has 0 aromatic heterocycles. The highest BCUT2D eigenvalue weighted by Gasteiger charge is 2.65. The molecule has 2 aliphatic rings. The van der Waals surface area contributed by atoms with Crippen molar-refractivity contribution >= 4 is 11.6 Å². The molecule has 2 heterocycles. The van der Waals surface area contributed by atoms with Crippen molar-refractivity contribution in [1.29, 1.82) is 0 Å². The molecule has 1 N–H and O–H groups in total. The van der Waals surface area contributed by atoms with E-state index in [0.717, 1.165) is 39.8 Å². The Morgan fingerprint density at radius 1 is 0.586 bits per heavy atom. The van der Waals surface area contributed by atoms with Crippen molar-refractivity contribution in [3.8, 4) is 5.75 Å². The van der Waals surface area contributed by atoms with Gasteiger partial charge in [-0.25, -0.2) is 0 Å². The number of rotatable bonds is 16. The molecule has 6 aromatic rings. The standard InChI is InChI=1S/C50H49ClO7/c1-2-35-23-25-36(26-24-35)27-41-28-42-44(29-43(41)51)57-49(52)50(42)48(56-33-40-21-13-6-14-22-40)47(55-32-39-19-11-5-12-20-39)46(54-31-38-17-9-4-10-18-38)45(58-50)34-53-30-37-15-7-3-8-16-37/h3-26,28-29,45-49,52H,2,27,30-34H2,1H3/t45-,46-,47+,48-,49-,50?/m1/s1. The monoisotopic (exact) mass is 796 g/mol. The summed E-state index contributed by atoms with van der Waals surface area (Å²) in [7, 11) is 0. The third-order valence-electron chi connectivity index (χ3n) is 11.0. The lowest BCUT2D eigenvalue weighted by atomic mass is 9.79. The van der Waals surface area contributed by atoms with Crippen LogP contribution in [0.1, 0.15) is 51.4 Å². The summed E-state index contributed by atoms with van der Waals surface area (Å²) in [5.74, 6) is 0.422. The molecule has 6 aromatic carbocycles. The van der Waals surface area contributed by atoms with Gasteiger partial charge in [0.25, 0.3) is 0 Å². The van der Waals surface area contributed by atoms with E-state index in [9.17, 15) is 5.11 Å². The normalized spacial score (nSPS) is 22.4. The van der Waals surface area contributed by atoms with Crippen LogP contribution in [0.5, 0.6) is 5.75 Å². The summed E-state index contributed by atoms with van der Waals surface area (Å²) in [6, 6.07) is 52.3. The zero-order chi connectivity index (χ0) is 39.7. The smallest absolute Gasteiger partial charge is 0.233 e. The molecule has 58 heavy (non-hydrogen) atoms. The molecule has 0 bridgehead atoms. The summed E-state index contributed by atoms with van der Waals surface area (Å²) in [5, 5.41) is 12.9. The minimum Gasteiger partial charge on any atom is -0.461 e. The van der Waals surface area contributed by atoms with Crippen LogP contribution in [0.25, 0.3) is 0 Å². The number of halogens is 1. The van der Waals surface area contributed by atoms with Crippen LogP contribution in [0.15, 0.2) is 158 Å². The molecular weight excluding hydrogens is 748 g/mol. The third kappa shape index (κ3) is 9.07. The van der Waals surface area contributed by atoms with Gasteiger partial charge in [0.1, 0.15) is 30.2 Å². The fourth-order valence-electron chi connectivity index (χ4n) is 7.91. The Morgan fingerprint density at radius 3 is 1.64 bits per heavy atom. The molecule has 298 valence electrons. The highest BCUT2D eigenvalue weighted by Crippen LogP contribution is 2.53. The third-order valence-corrected chi connectivity index (χ3v) is 11.3. The van der Waals surface area contributed by atoms with Gasteiger partial charge in [0, 0.05) is 10.6 Å². The molecule has 1 spiro atoms. The average molecular weight is 797 g/mol. The number of aliphatic hydroxyl groups excluding tert-OH is 1. The van der Waals surface area contributed by atoms with Crippen molar-refractivity contribution in [2.45, 2.75) is 82.5 Å². The first-order valence-corrected chi connectivity index (χ1v) is 20.4. The second kappa shape index (κ2) is 18.8. The zero-order valence-electron chi connectivity index (χ0n) is 32.6. The fourth-order valence-corrected chi connectivity index (χ4v) is 8.13. The van der Waals surface area contributed by atoms with Crippen molar-refractivity contribution in [1.82, 2.24) is 0 Å². The topological polar surface area (TPSA) is 75.6 Å². The number of hydrogen-bond donors (Lipinski definition) is 1. The van der Waals surface area contributed by atoms with Gasteiger partial charge in [-0.1, -0.05) is 164 Å². The van der Waals surface area contributed by atoms with Crippen LogP contribution in [-0.2, 0) is 68.6 Å². The van der Waals surface area contributed by atoms with Crippen molar-refractivity contribution in [2.75, 3.05) is 6.61 Å². The number of aryl methyl sites for hydroxylation is 1. The Morgan fingerprint density at radius 2 is 1.09 bits per heavy atom. The van der Waals surface area contributed by atoms with Gasteiger partial charge in [0.15, 0.2) is 5.60 Å². The quantitative estimate of drug-likeness (QED) is 0.105. The largest absolute Gasteiger partial charge is 0.461 e. The lowest BCUT2D eigenvalue weighted by molar-refractivity contribution is -0.345. The van der Waals surface area contributed by atoms with E-state index in [1.165, 1.54) is 5.56 Å². The minimum atomic E-state index is -1.57. The van der Waals surface area contributed by atoms with Crippen LogP contribution in [0.4, 0.5) is 0 Å². The Hall–Kier alpha value is -4.83. The molecule has 8 rings (SSSR count). The van der Waals surface area contributed by atoms with Gasteiger partial charge in [-0.15, -0.1) is 0 Å². The van der Waals surface area contributed by atoms with Crippen LogP contribution in [-0.4, -0.2) is 42.4 Å². The van der Waals surface area contributed by atoms with E-state index in [-0.39, 0.29) is 19.8 Å². The number of ether oxygens (including phenoxy) is 6. The van der Waals surface area contributed by atoms with Gasteiger partial charge in [-0.3, -0.25) is 0 Å². The van der Waals surface area contributed by atoms with Crippen molar-refractivity contribution in [2.24, 2.45) is 0 Å². The molecule has 0 aliphatic carbocycles. The molecule has 1 saturated heterocycles. The summed E-state index contributed by atoms with van der Waals surface area (Å²) in [5.41, 5.74) is 6.26. The van der Waals surface area contributed by atoms with E-state index in [4.69, 9.17) is 40.0 Å². The van der Waals surface area contributed by atoms with E-state index in [1.54, 1.807) is 6.07 Å². The summed E-state index contributed by atoms with van der Waals surface area (Å²) >= 11 is 6.99. The molecule has 2 aliphatic heterocycles. The molecule has 1 fully saturated rings. The maximum Gasteiger partial charge on any atom is 0.233 e. The fraction of sp³-hybridized carbons (Fsp3) is 0.280. The Balaban J connectivity index is 1.23. The summed E-state index contributed by atoms with van der Waals surface area (Å²) in [6.45, 7) is 3.41. The van der Waals surface area contributed by atoms with Gasteiger partial charge in [-0.2, -0.15) is 0 Å². The van der Waals surface area contributed by atoms with E-state index >= 15 is 0 Å². The van der Waals surface area contributed by atoms with Crippen LogP contribution in [0.2, 0.25) is 5.02 Å². The lowest BCUT2D eigenvalue weighted by Crippen LogP contribution is -2.68. The highest BCUT2D eigenvalue weighted by atomic mass is 35.5. The molecule has 0 amide bonds. The van der Waals surface area contributed by atoms with E-state index in [2.05, 4.69) is 31.2 Å². The SMILES string of the molecule is CCc1ccc(Cc2cc3c(cc2Cl)O[C@@H](O)C32O[C@H](COCc3ccccc3)[C@@H](OCc3ccccc3)[C@H](OCc3ccccc3)[C@H]2OCc2ccccc2)cc1. The van der Waals surface area contributed by atoms with Crippen molar-refractivity contribution in [3.63, 3.8) is 0 Å². The van der Waals surface area contributed by atoms with Crippen LogP contribution < -0.4 is 4.74 Å². The van der Waals surface area contributed by atoms with Crippen LogP contribution in [0, 0.1) is 0 Å². The maximum atomic E-state index is 12.3. The molecule has 0 radical (unpaired) electrons. The van der Waals surface area contributed by atoms with Gasteiger partial charge in [0.2, 0.25) is 6.29 Å². The Kier molecular flexibility index (Phi) is 13.0. The Bertz CT molecular complexity index is 2190. The minimum absolute atomic E-state index is 0.138. The predicted octanol–water partition coefficient (Wildman–Crippen LogP) is 9.77. The van der Waals surface area contributed by atoms with E-state index < -0.39 is 36.3 Å². The molecular formula is C50H49ClO7. The number of fused-ring (bicyclic) bond motifs is 2. The van der Waals surface area contributed by atoms with Crippen molar-refractivity contribution < 1.29 is 33.5 Å². The van der Waals surface area contributed by atoms with E-state index in [1.807, 2.05) is 127 Å². The van der Waals surface area contributed by atoms with Gasteiger partial charge < -0.3 is 33.5 Å². The predicted molar refractivity (Wildman–Crippen MR) is 224 cm³/mol. The molecule has 6 atom stereocenters. The first-order chi connectivity index (χ1) is 28.5. The first-order valence-electron chi connectivity index (χ1n) is 20.0. The second-order valence-electron chi connectivity index (χ2n) is 14.9. The number of aliphatic hydroxyl groups is 1. The number of benzene rings is 6. The van der Waals surface area contributed by atoms with Gasteiger partial charge in [-0.05, 0) is 63.9 Å². The van der Waals surface area contributed by atoms with Crippen LogP contribution >= 0.6 is 11.6 Å². The van der Waals surface area contributed by atoms with Gasteiger partial charge >= 0.3 is 0 Å². The summed E-state index contributed by atoms with van der Waals surface area (Å²) in [6.07, 6.45) is -3.06. The zero-order valence-corrected chi connectivity index (χ0v) is 33.4. The summed E-state index contributed by atoms with van der Waals surface area (Å²) in [4.78, 5) is 0. The first kappa shape index (κ1) is 40.0. The summed E-state index contributed by atoms with van der Waals surface area (Å²) < 4.78 is 41.0. The number of hydrogen-bond acceptors (Lipinski definition) is 7. The van der Waals surface area contributed by atoms with Crippen LogP contribution in [0.3, 0.4) is 0 Å². The average Bonchev–Trinajstić information content (AvgIpc) is 3.52. The maximum absolute atomic E-state index is 12.3. The van der Waals surface area contributed by atoms with Gasteiger partial charge in [0.05, 0.1) is 33.0 Å². The van der Waals surface area contributed by atoms with Crippen molar-refractivity contribution in [3.05, 3.63) is 207 Å². The highest BCUT2D eigenvalue weighted by molar-refractivity contribution is 6.31.